The van der Waals surface area contributed by atoms with Crippen molar-refractivity contribution in [2.24, 2.45) is 10.9 Å². The summed E-state index contributed by atoms with van der Waals surface area (Å²) in [4.78, 5) is 6.95. The first-order chi connectivity index (χ1) is 12.7. The van der Waals surface area contributed by atoms with Gasteiger partial charge >= 0.3 is 0 Å². The number of hydrogen-bond donors (Lipinski definition) is 2. The molecule has 0 atom stereocenters. The lowest BCUT2D eigenvalue weighted by Crippen LogP contribution is -2.42. The number of ether oxygens (including phenoxy) is 1. The van der Waals surface area contributed by atoms with E-state index in [0.29, 0.717) is 13.2 Å². The second kappa shape index (κ2) is 11.1. The predicted molar refractivity (Wildman–Crippen MR) is 110 cm³/mol. The number of aliphatic imine (C=N–C) groups is 1. The Balaban J connectivity index is 1.78. The van der Waals surface area contributed by atoms with Crippen molar-refractivity contribution in [1.82, 2.24) is 15.5 Å². The molecule has 2 rings (SSSR count). The number of nitrogens with one attached hydrogen (secondary N) is 2. The molecule has 0 saturated carbocycles. The number of guanidine groups is 1. The smallest absolute Gasteiger partial charge is 0.191 e. The van der Waals surface area contributed by atoms with E-state index in [1.807, 2.05) is 14.0 Å². The number of hydrogen-bond acceptors (Lipinski definition) is 3. The molecule has 0 bridgehead atoms. The van der Waals surface area contributed by atoms with Crippen molar-refractivity contribution in [2.45, 2.75) is 46.6 Å². The zero-order valence-corrected chi connectivity index (χ0v) is 17.0. The van der Waals surface area contributed by atoms with Gasteiger partial charge < -0.3 is 20.3 Å². The standard InChI is InChI=1S/C21H36N4O/c1-5-11-25-12-9-18(10-13-25)15-23-21(22-4)24-16-19-8-7-17(3)14-20(19)26-6-2/h7-8,14,18H,5-6,9-13,15-16H2,1-4H3,(H2,22,23,24). The molecule has 5 nitrogen and oxygen atoms in total. The van der Waals surface area contributed by atoms with Crippen LogP contribution in [0.1, 0.15) is 44.2 Å². The summed E-state index contributed by atoms with van der Waals surface area (Å²) in [7, 11) is 1.83. The molecule has 0 aliphatic carbocycles. The molecule has 0 amide bonds. The summed E-state index contributed by atoms with van der Waals surface area (Å²) in [5.74, 6) is 2.56. The van der Waals surface area contributed by atoms with E-state index in [2.05, 4.69) is 52.6 Å². The van der Waals surface area contributed by atoms with Crippen LogP contribution >= 0.6 is 0 Å². The molecular formula is C21H36N4O. The number of likely N-dealkylation sites (tertiary alicyclic amines) is 1. The van der Waals surface area contributed by atoms with Gasteiger partial charge in [-0.1, -0.05) is 19.1 Å². The molecule has 1 heterocycles. The minimum atomic E-state index is 0.681. The Kier molecular flexibility index (Phi) is 8.75. The van der Waals surface area contributed by atoms with Crippen molar-refractivity contribution < 1.29 is 4.74 Å². The van der Waals surface area contributed by atoms with Crippen LogP contribution in [0.4, 0.5) is 0 Å². The molecule has 146 valence electrons. The predicted octanol–water partition coefficient (Wildman–Crippen LogP) is 3.18. The van der Waals surface area contributed by atoms with E-state index < -0.39 is 0 Å². The zero-order valence-electron chi connectivity index (χ0n) is 17.0. The normalized spacial score (nSPS) is 16.5. The van der Waals surface area contributed by atoms with Crippen molar-refractivity contribution >= 4 is 5.96 Å². The first-order valence-corrected chi connectivity index (χ1v) is 10.0. The lowest BCUT2D eigenvalue weighted by molar-refractivity contribution is 0.185. The molecule has 5 heteroatoms. The van der Waals surface area contributed by atoms with Gasteiger partial charge in [0.1, 0.15) is 5.75 Å². The van der Waals surface area contributed by atoms with E-state index in [1.165, 1.54) is 44.5 Å². The van der Waals surface area contributed by atoms with Crippen molar-refractivity contribution in [3.8, 4) is 5.75 Å². The Bertz CT molecular complexity index is 565. The molecule has 1 aromatic carbocycles. The van der Waals surface area contributed by atoms with Gasteiger partial charge in [0.2, 0.25) is 0 Å². The molecule has 0 spiro atoms. The van der Waals surface area contributed by atoms with Crippen molar-refractivity contribution in [3.63, 3.8) is 0 Å². The Morgan fingerprint density at radius 3 is 2.65 bits per heavy atom. The lowest BCUT2D eigenvalue weighted by Gasteiger charge is -2.32. The lowest BCUT2D eigenvalue weighted by atomic mass is 9.97. The second-order valence-electron chi connectivity index (χ2n) is 7.14. The maximum atomic E-state index is 5.76. The molecule has 1 fully saturated rings. The Hall–Kier alpha value is -1.75. The number of aryl methyl sites for hydroxylation is 1. The van der Waals surface area contributed by atoms with Crippen molar-refractivity contribution in [2.75, 3.05) is 39.8 Å². The number of rotatable bonds is 8. The third kappa shape index (κ3) is 6.52. The Labute approximate surface area is 159 Å². The van der Waals surface area contributed by atoms with Crippen LogP contribution in [-0.2, 0) is 6.54 Å². The third-order valence-corrected chi connectivity index (χ3v) is 5.00. The van der Waals surface area contributed by atoms with Crippen LogP contribution in [0.5, 0.6) is 5.75 Å². The fourth-order valence-electron chi connectivity index (χ4n) is 3.47. The average Bonchev–Trinajstić information content (AvgIpc) is 2.65. The zero-order chi connectivity index (χ0) is 18.8. The van der Waals surface area contributed by atoms with Crippen LogP contribution in [0.15, 0.2) is 23.2 Å². The van der Waals surface area contributed by atoms with Gasteiger partial charge in [0, 0.05) is 25.7 Å². The summed E-state index contributed by atoms with van der Waals surface area (Å²) in [5, 5.41) is 6.92. The molecule has 1 saturated heterocycles. The molecule has 2 N–H and O–H groups in total. The summed E-state index contributed by atoms with van der Waals surface area (Å²) in [5.41, 5.74) is 2.38. The van der Waals surface area contributed by atoms with E-state index in [4.69, 9.17) is 4.74 Å². The number of piperidine rings is 1. The van der Waals surface area contributed by atoms with Gasteiger partial charge in [-0.15, -0.1) is 0 Å². The summed E-state index contributed by atoms with van der Waals surface area (Å²) < 4.78 is 5.76. The molecular weight excluding hydrogens is 324 g/mol. The molecule has 0 unspecified atom stereocenters. The van der Waals surface area contributed by atoms with E-state index in [0.717, 1.165) is 29.7 Å². The molecule has 0 radical (unpaired) electrons. The van der Waals surface area contributed by atoms with E-state index in [-0.39, 0.29) is 0 Å². The summed E-state index contributed by atoms with van der Waals surface area (Å²) >= 11 is 0. The van der Waals surface area contributed by atoms with Crippen molar-refractivity contribution in [3.05, 3.63) is 29.3 Å². The fraction of sp³-hybridized carbons (Fsp3) is 0.667. The van der Waals surface area contributed by atoms with Crippen molar-refractivity contribution in [1.29, 1.82) is 0 Å². The summed E-state index contributed by atoms with van der Waals surface area (Å²) in [6.07, 6.45) is 3.80. The highest BCUT2D eigenvalue weighted by molar-refractivity contribution is 5.79. The molecule has 0 aromatic heterocycles. The molecule has 1 aliphatic heterocycles. The van der Waals surface area contributed by atoms with Crippen LogP contribution in [0.2, 0.25) is 0 Å². The van der Waals surface area contributed by atoms with Crippen LogP contribution in [0.25, 0.3) is 0 Å². The van der Waals surface area contributed by atoms with Gasteiger partial charge in [-0.3, -0.25) is 4.99 Å². The SMILES string of the molecule is CCCN1CCC(CNC(=NC)NCc2ccc(C)cc2OCC)CC1. The minimum absolute atomic E-state index is 0.681. The van der Waals surface area contributed by atoms with Crippen LogP contribution in [-0.4, -0.2) is 50.7 Å². The molecule has 1 aliphatic rings. The average molecular weight is 361 g/mol. The quantitative estimate of drug-likeness (QED) is 0.552. The number of nitrogens with zero attached hydrogens (tertiary/aromatic N) is 2. The van der Waals surface area contributed by atoms with Crippen LogP contribution in [0.3, 0.4) is 0 Å². The Morgan fingerprint density at radius 1 is 1.23 bits per heavy atom. The second-order valence-corrected chi connectivity index (χ2v) is 7.14. The maximum absolute atomic E-state index is 5.76. The highest BCUT2D eigenvalue weighted by Gasteiger charge is 2.18. The van der Waals surface area contributed by atoms with Crippen LogP contribution < -0.4 is 15.4 Å². The highest BCUT2D eigenvalue weighted by atomic mass is 16.5. The van der Waals surface area contributed by atoms with Gasteiger partial charge in [-0.2, -0.15) is 0 Å². The van der Waals surface area contributed by atoms with Gasteiger partial charge in [-0.25, -0.2) is 0 Å². The third-order valence-electron chi connectivity index (χ3n) is 5.00. The minimum Gasteiger partial charge on any atom is -0.494 e. The largest absolute Gasteiger partial charge is 0.494 e. The number of benzene rings is 1. The van der Waals surface area contributed by atoms with Gasteiger partial charge in [0.25, 0.3) is 0 Å². The fourth-order valence-corrected chi connectivity index (χ4v) is 3.47. The first-order valence-electron chi connectivity index (χ1n) is 10.0. The van der Waals surface area contributed by atoms with E-state index in [1.54, 1.807) is 0 Å². The molecule has 1 aromatic rings. The van der Waals surface area contributed by atoms with Gasteiger partial charge in [-0.05, 0) is 70.3 Å². The van der Waals surface area contributed by atoms with Gasteiger partial charge in [0.15, 0.2) is 5.96 Å². The monoisotopic (exact) mass is 360 g/mol. The van der Waals surface area contributed by atoms with Gasteiger partial charge in [0.05, 0.1) is 6.61 Å². The molecule has 26 heavy (non-hydrogen) atoms. The highest BCUT2D eigenvalue weighted by Crippen LogP contribution is 2.20. The summed E-state index contributed by atoms with van der Waals surface area (Å²) in [6, 6.07) is 6.35. The Morgan fingerprint density at radius 2 is 2.00 bits per heavy atom. The van der Waals surface area contributed by atoms with Crippen LogP contribution in [0, 0.1) is 12.8 Å². The maximum Gasteiger partial charge on any atom is 0.191 e. The van der Waals surface area contributed by atoms with E-state index >= 15 is 0 Å². The topological polar surface area (TPSA) is 48.9 Å². The van der Waals surface area contributed by atoms with E-state index in [9.17, 15) is 0 Å². The first kappa shape index (κ1) is 20.6. The summed E-state index contributed by atoms with van der Waals surface area (Å²) in [6.45, 7) is 12.4.